The number of amides is 1. The predicted octanol–water partition coefficient (Wildman–Crippen LogP) is 3.00. The number of alkyl halides is 3. The van der Waals surface area contributed by atoms with Crippen molar-refractivity contribution in [3.05, 3.63) is 47.0 Å². The van der Waals surface area contributed by atoms with Crippen LogP contribution < -0.4 is 0 Å². The number of ether oxygens (including phenoxy) is 1. The molecule has 1 amide bonds. The topological polar surface area (TPSA) is 46.6 Å². The monoisotopic (exact) mass is 357 g/mol. The maximum atomic E-state index is 13.4. The smallest absolute Gasteiger partial charge is 0.423 e. The fourth-order valence-electron chi connectivity index (χ4n) is 3.22. The zero-order valence-electron chi connectivity index (χ0n) is 12.5. The van der Waals surface area contributed by atoms with Gasteiger partial charge in [-0.05, 0) is 33.4 Å². The Hall–Kier alpha value is -1.88. The molecule has 3 atom stereocenters. The summed E-state index contributed by atoms with van der Waals surface area (Å²) in [6, 6.07) is 7.80. The molecule has 1 saturated carbocycles. The minimum Gasteiger partial charge on any atom is -0.457 e. The van der Waals surface area contributed by atoms with E-state index in [2.05, 4.69) is 9.39 Å². The third kappa shape index (κ3) is 3.05. The van der Waals surface area contributed by atoms with Crippen LogP contribution in [0.4, 0.5) is 13.2 Å². The van der Waals surface area contributed by atoms with E-state index < -0.39 is 29.7 Å². The van der Waals surface area contributed by atoms with Crippen molar-refractivity contribution in [1.29, 1.82) is 0 Å². The van der Waals surface area contributed by atoms with Gasteiger partial charge < -0.3 is 9.41 Å². The van der Waals surface area contributed by atoms with Gasteiger partial charge in [0.15, 0.2) is 0 Å². The molecule has 2 bridgehead atoms. The number of esters is 1. The Morgan fingerprint density at radius 3 is 2.50 bits per heavy atom. The van der Waals surface area contributed by atoms with Crippen molar-refractivity contribution in [3.8, 4) is 0 Å². The molecule has 0 aromatic heterocycles. The minimum atomic E-state index is -4.82. The van der Waals surface area contributed by atoms with Crippen LogP contribution in [-0.2, 0) is 20.9 Å². The first-order valence-corrected chi connectivity index (χ1v) is 7.89. The number of carbonyl (C=O) groups excluding carboxylic acids is 2. The highest BCUT2D eigenvalue weighted by atomic mass is 31.0. The molecule has 24 heavy (non-hydrogen) atoms. The number of hydrogen-bond donors (Lipinski definition) is 0. The van der Waals surface area contributed by atoms with Gasteiger partial charge in [0.05, 0.1) is 6.04 Å². The number of hydrogen-bond acceptors (Lipinski definition) is 3. The largest absolute Gasteiger partial charge is 0.457 e. The SMILES string of the molecule is O=C(OCc1ccccc1)/C(=C1/CC2CC1N(P)C2=O)C(F)(F)F. The minimum absolute atomic E-state index is 0.0380. The van der Waals surface area contributed by atoms with E-state index in [0.717, 1.165) is 0 Å². The molecular formula is C16H15F3NO3P. The average Bonchev–Trinajstić information content (AvgIpc) is 3.06. The van der Waals surface area contributed by atoms with Gasteiger partial charge in [0, 0.05) is 5.92 Å². The predicted molar refractivity (Wildman–Crippen MR) is 82.4 cm³/mol. The molecule has 1 aliphatic heterocycles. The zero-order chi connectivity index (χ0) is 17.5. The number of nitrogens with zero attached hydrogens (tertiary/aromatic N) is 1. The lowest BCUT2D eigenvalue weighted by Gasteiger charge is -2.27. The highest BCUT2D eigenvalue weighted by molar-refractivity contribution is 7.14. The van der Waals surface area contributed by atoms with Gasteiger partial charge in [0.2, 0.25) is 5.91 Å². The quantitative estimate of drug-likeness (QED) is 0.475. The zero-order valence-corrected chi connectivity index (χ0v) is 13.7. The van der Waals surface area contributed by atoms with Crippen LogP contribution in [0, 0.1) is 5.92 Å². The highest BCUT2D eigenvalue weighted by Gasteiger charge is 2.52. The maximum Gasteiger partial charge on any atom is 0.423 e. The van der Waals surface area contributed by atoms with Crippen LogP contribution in [0.15, 0.2) is 41.5 Å². The van der Waals surface area contributed by atoms with E-state index in [1.54, 1.807) is 30.3 Å². The molecule has 2 aliphatic rings. The van der Waals surface area contributed by atoms with Gasteiger partial charge in [0.25, 0.3) is 0 Å². The molecule has 1 aromatic carbocycles. The van der Waals surface area contributed by atoms with Gasteiger partial charge in [-0.2, -0.15) is 13.2 Å². The third-order valence-electron chi connectivity index (χ3n) is 4.34. The summed E-state index contributed by atoms with van der Waals surface area (Å²) in [5.74, 6) is -2.07. The van der Waals surface area contributed by atoms with Crippen LogP contribution in [0.3, 0.4) is 0 Å². The Kier molecular flexibility index (Phi) is 4.38. The molecule has 1 aromatic rings. The Morgan fingerprint density at radius 1 is 1.29 bits per heavy atom. The molecule has 1 heterocycles. The first-order valence-electron chi connectivity index (χ1n) is 7.38. The van der Waals surface area contributed by atoms with E-state index in [1.165, 1.54) is 4.67 Å². The molecule has 8 heteroatoms. The molecular weight excluding hydrogens is 342 g/mol. The van der Waals surface area contributed by atoms with Crippen molar-refractivity contribution in [2.75, 3.05) is 0 Å². The Labute approximate surface area is 138 Å². The van der Waals surface area contributed by atoms with Gasteiger partial charge >= 0.3 is 12.1 Å². The first kappa shape index (κ1) is 17.0. The lowest BCUT2D eigenvalue weighted by atomic mass is 9.99. The molecule has 0 spiro atoms. The molecule has 3 rings (SSSR count). The molecule has 128 valence electrons. The number of piperidine rings is 1. The standard InChI is InChI=1S/C16H15F3NO3P/c17-16(18,19)13(11-6-10-7-12(11)20(24)14(10)21)15(22)23-8-9-4-2-1-3-5-9/h1-5,10,12H,6-8,24H2/b13-11+. The summed E-state index contributed by atoms with van der Waals surface area (Å²) in [5, 5.41) is 0. The van der Waals surface area contributed by atoms with Crippen molar-refractivity contribution in [2.45, 2.75) is 31.7 Å². The molecule has 2 fully saturated rings. The van der Waals surface area contributed by atoms with Crippen molar-refractivity contribution in [2.24, 2.45) is 5.92 Å². The van der Waals surface area contributed by atoms with Gasteiger partial charge in [0.1, 0.15) is 12.2 Å². The first-order chi connectivity index (χ1) is 11.3. The van der Waals surface area contributed by atoms with Crippen LogP contribution in [0.25, 0.3) is 0 Å². The second kappa shape index (κ2) is 6.20. The summed E-state index contributed by atoms with van der Waals surface area (Å²) in [6.45, 7) is -0.232. The Morgan fingerprint density at radius 2 is 1.96 bits per heavy atom. The molecule has 1 aliphatic carbocycles. The van der Waals surface area contributed by atoms with Crippen LogP contribution in [0.5, 0.6) is 0 Å². The average molecular weight is 357 g/mol. The Balaban J connectivity index is 1.84. The van der Waals surface area contributed by atoms with Crippen molar-refractivity contribution < 1.29 is 27.5 Å². The van der Waals surface area contributed by atoms with Gasteiger partial charge in [-0.15, -0.1) is 0 Å². The second-order valence-corrected chi connectivity index (χ2v) is 6.41. The lowest BCUT2D eigenvalue weighted by Crippen LogP contribution is -2.34. The molecule has 4 nitrogen and oxygen atoms in total. The van der Waals surface area contributed by atoms with Gasteiger partial charge in [-0.1, -0.05) is 30.3 Å². The Bertz CT molecular complexity index is 698. The molecule has 3 unspecified atom stereocenters. The van der Waals surface area contributed by atoms with E-state index in [-0.39, 0.29) is 24.5 Å². The summed E-state index contributed by atoms with van der Waals surface area (Å²) >= 11 is 0. The fourth-order valence-corrected chi connectivity index (χ4v) is 3.74. The highest BCUT2D eigenvalue weighted by Crippen LogP contribution is 2.48. The number of carbonyl (C=O) groups is 2. The number of rotatable bonds is 3. The summed E-state index contributed by atoms with van der Waals surface area (Å²) < 4.78 is 46.4. The van der Waals surface area contributed by atoms with Gasteiger partial charge in [-0.25, -0.2) is 4.79 Å². The van der Waals surface area contributed by atoms with Gasteiger partial charge in [-0.3, -0.25) is 4.79 Å². The summed E-state index contributed by atoms with van der Waals surface area (Å²) in [6.07, 6.45) is -4.55. The number of benzene rings is 1. The maximum absolute atomic E-state index is 13.4. The summed E-state index contributed by atoms with van der Waals surface area (Å²) in [5.41, 5.74) is -0.723. The van der Waals surface area contributed by atoms with Crippen LogP contribution in [0.2, 0.25) is 0 Å². The summed E-state index contributed by atoms with van der Waals surface area (Å²) in [7, 11) is 2.14. The van der Waals surface area contributed by atoms with Crippen LogP contribution in [-0.4, -0.2) is 28.8 Å². The lowest BCUT2D eigenvalue weighted by molar-refractivity contribution is -0.152. The third-order valence-corrected chi connectivity index (χ3v) is 4.95. The van der Waals surface area contributed by atoms with E-state index in [9.17, 15) is 22.8 Å². The second-order valence-electron chi connectivity index (χ2n) is 5.86. The van der Waals surface area contributed by atoms with E-state index >= 15 is 0 Å². The number of halogens is 3. The van der Waals surface area contributed by atoms with E-state index in [0.29, 0.717) is 12.0 Å². The summed E-state index contributed by atoms with van der Waals surface area (Å²) in [4.78, 5) is 23.9. The van der Waals surface area contributed by atoms with Crippen LogP contribution in [0.1, 0.15) is 18.4 Å². The normalized spacial score (nSPS) is 25.2. The van der Waals surface area contributed by atoms with Crippen molar-refractivity contribution in [3.63, 3.8) is 0 Å². The van der Waals surface area contributed by atoms with E-state index in [1.807, 2.05) is 0 Å². The molecule has 1 saturated heterocycles. The van der Waals surface area contributed by atoms with E-state index in [4.69, 9.17) is 4.74 Å². The van der Waals surface area contributed by atoms with Crippen molar-refractivity contribution >= 4 is 21.3 Å². The van der Waals surface area contributed by atoms with Crippen molar-refractivity contribution in [1.82, 2.24) is 4.67 Å². The number of fused-ring (bicyclic) bond motifs is 2. The van der Waals surface area contributed by atoms with Crippen LogP contribution >= 0.6 is 9.39 Å². The molecule has 0 N–H and O–H groups in total. The fraction of sp³-hybridized carbons (Fsp3) is 0.375. The molecule has 0 radical (unpaired) electrons.